The van der Waals surface area contributed by atoms with E-state index >= 15 is 0 Å². The van der Waals surface area contributed by atoms with Crippen LogP contribution in [0.25, 0.3) is 16.6 Å². The minimum Gasteiger partial charge on any atom is -0.298 e. The second-order valence-corrected chi connectivity index (χ2v) is 7.85. The third-order valence-electron chi connectivity index (χ3n) is 5.90. The van der Waals surface area contributed by atoms with E-state index in [2.05, 4.69) is 44.2 Å². The van der Waals surface area contributed by atoms with Crippen LogP contribution >= 0.6 is 0 Å². The zero-order valence-electron chi connectivity index (χ0n) is 16.5. The van der Waals surface area contributed by atoms with Crippen LogP contribution in [-0.2, 0) is 6.54 Å². The largest absolute Gasteiger partial charge is 0.298 e. The minimum absolute atomic E-state index is 0.370. The summed E-state index contributed by atoms with van der Waals surface area (Å²) in [5, 5.41) is 6.52. The van der Waals surface area contributed by atoms with Crippen LogP contribution in [0.3, 0.4) is 0 Å². The van der Waals surface area contributed by atoms with Gasteiger partial charge in [-0.1, -0.05) is 36.4 Å². The number of likely N-dealkylation sites (tertiary alicyclic amines) is 1. The molecule has 1 saturated heterocycles. The second-order valence-electron chi connectivity index (χ2n) is 7.85. The van der Waals surface area contributed by atoms with Gasteiger partial charge < -0.3 is 0 Å². The molecule has 1 aliphatic heterocycles. The lowest BCUT2D eigenvalue weighted by atomic mass is 9.93. The standard InChI is InChI=1S/C23H23N5O/c1-16-11-22(28-23(26-16)24-15-25-28)19-6-4-10-27(13-19)12-18-9-8-17-5-2-3-7-20(17)21(18)14-29/h2-3,5,7-9,11,14-15,19H,4,6,10,12-13H2,1H3/t19-/m0/s1. The molecule has 0 bridgehead atoms. The molecule has 6 nitrogen and oxygen atoms in total. The molecule has 0 saturated carbocycles. The number of fused-ring (bicyclic) bond motifs is 2. The zero-order valence-corrected chi connectivity index (χ0v) is 16.5. The summed E-state index contributed by atoms with van der Waals surface area (Å²) in [6, 6.07) is 14.4. The van der Waals surface area contributed by atoms with E-state index in [9.17, 15) is 4.79 Å². The number of carbonyl (C=O) groups excluding carboxylic acids is 1. The molecule has 1 fully saturated rings. The van der Waals surface area contributed by atoms with Crippen molar-refractivity contribution in [2.75, 3.05) is 13.1 Å². The predicted octanol–water partition coefficient (Wildman–Crippen LogP) is 3.78. The number of carbonyl (C=O) groups is 1. The van der Waals surface area contributed by atoms with Gasteiger partial charge in [-0.2, -0.15) is 10.1 Å². The highest BCUT2D eigenvalue weighted by atomic mass is 16.1. The molecular formula is C23H23N5O. The Morgan fingerprint density at radius 3 is 3.00 bits per heavy atom. The molecule has 0 aliphatic carbocycles. The van der Waals surface area contributed by atoms with Crippen LogP contribution in [0.5, 0.6) is 0 Å². The number of piperidine rings is 1. The fourth-order valence-corrected chi connectivity index (χ4v) is 4.55. The number of nitrogens with zero attached hydrogens (tertiary/aromatic N) is 5. The number of aromatic nitrogens is 4. The van der Waals surface area contributed by atoms with Crippen LogP contribution in [0.1, 0.15) is 46.1 Å². The molecule has 3 heterocycles. The van der Waals surface area contributed by atoms with Gasteiger partial charge in [-0.15, -0.1) is 0 Å². The Morgan fingerprint density at radius 2 is 2.10 bits per heavy atom. The van der Waals surface area contributed by atoms with Crippen LogP contribution in [0.15, 0.2) is 48.8 Å². The summed E-state index contributed by atoms with van der Waals surface area (Å²) < 4.78 is 1.87. The maximum atomic E-state index is 11.9. The molecule has 2 aromatic heterocycles. The molecular weight excluding hydrogens is 362 g/mol. The van der Waals surface area contributed by atoms with Crippen LogP contribution in [0.4, 0.5) is 0 Å². The molecule has 0 unspecified atom stereocenters. The molecule has 0 spiro atoms. The van der Waals surface area contributed by atoms with Crippen LogP contribution in [0, 0.1) is 6.92 Å². The zero-order chi connectivity index (χ0) is 19.8. The Morgan fingerprint density at radius 1 is 1.21 bits per heavy atom. The van der Waals surface area contributed by atoms with E-state index in [4.69, 9.17) is 0 Å². The monoisotopic (exact) mass is 385 g/mol. The van der Waals surface area contributed by atoms with Crippen molar-refractivity contribution in [3.05, 3.63) is 71.3 Å². The summed E-state index contributed by atoms with van der Waals surface area (Å²) in [6.07, 6.45) is 4.81. The average molecular weight is 385 g/mol. The molecule has 0 radical (unpaired) electrons. The summed E-state index contributed by atoms with van der Waals surface area (Å²) >= 11 is 0. The molecule has 2 aromatic carbocycles. The van der Waals surface area contributed by atoms with Crippen molar-refractivity contribution in [3.8, 4) is 0 Å². The van der Waals surface area contributed by atoms with Gasteiger partial charge in [0, 0.05) is 30.3 Å². The number of benzene rings is 2. The Kier molecular flexibility index (Phi) is 4.56. The number of hydrogen-bond acceptors (Lipinski definition) is 5. The fourth-order valence-electron chi connectivity index (χ4n) is 4.55. The second kappa shape index (κ2) is 7.37. The van der Waals surface area contributed by atoms with Gasteiger partial charge in [0.2, 0.25) is 0 Å². The average Bonchev–Trinajstić information content (AvgIpc) is 3.21. The van der Waals surface area contributed by atoms with Gasteiger partial charge in [0.1, 0.15) is 6.33 Å². The van der Waals surface area contributed by atoms with E-state index in [0.29, 0.717) is 11.7 Å². The molecule has 29 heavy (non-hydrogen) atoms. The lowest BCUT2D eigenvalue weighted by Crippen LogP contribution is -2.35. The molecule has 1 atom stereocenters. The minimum atomic E-state index is 0.370. The van der Waals surface area contributed by atoms with Gasteiger partial charge in [0.05, 0.1) is 5.69 Å². The van der Waals surface area contributed by atoms with E-state index in [0.717, 1.165) is 66.4 Å². The topological polar surface area (TPSA) is 63.4 Å². The highest BCUT2D eigenvalue weighted by molar-refractivity contribution is 5.99. The third-order valence-corrected chi connectivity index (χ3v) is 5.90. The molecule has 146 valence electrons. The number of aldehydes is 1. The highest BCUT2D eigenvalue weighted by Crippen LogP contribution is 2.29. The maximum Gasteiger partial charge on any atom is 0.252 e. The molecule has 5 rings (SSSR count). The predicted molar refractivity (Wildman–Crippen MR) is 112 cm³/mol. The summed E-state index contributed by atoms with van der Waals surface area (Å²) in [7, 11) is 0. The first kappa shape index (κ1) is 17.9. The number of hydrogen-bond donors (Lipinski definition) is 0. The summed E-state index contributed by atoms with van der Waals surface area (Å²) in [6.45, 7) is 4.75. The Bertz CT molecular complexity index is 1200. The van der Waals surface area contributed by atoms with Crippen molar-refractivity contribution >= 4 is 22.8 Å². The van der Waals surface area contributed by atoms with Crippen LogP contribution < -0.4 is 0 Å². The van der Waals surface area contributed by atoms with Gasteiger partial charge >= 0.3 is 0 Å². The summed E-state index contributed by atoms with van der Waals surface area (Å²) in [5.41, 5.74) is 4.04. The summed E-state index contributed by atoms with van der Waals surface area (Å²) in [4.78, 5) is 23.1. The number of aryl methyl sites for hydroxylation is 1. The van der Waals surface area contributed by atoms with E-state index < -0.39 is 0 Å². The molecule has 6 heteroatoms. The van der Waals surface area contributed by atoms with Gasteiger partial charge in [0.25, 0.3) is 5.78 Å². The van der Waals surface area contributed by atoms with Gasteiger partial charge in [-0.25, -0.2) is 9.50 Å². The lowest BCUT2D eigenvalue weighted by molar-refractivity contribution is 0.112. The first-order valence-electron chi connectivity index (χ1n) is 10.1. The molecule has 0 N–H and O–H groups in total. The van der Waals surface area contributed by atoms with Gasteiger partial charge in [-0.05, 0) is 48.7 Å². The SMILES string of the molecule is Cc1cc([C@H]2CCCN(Cc3ccc4ccccc4c3C=O)C2)n2ncnc2n1. The van der Waals surface area contributed by atoms with E-state index in [-0.39, 0.29) is 0 Å². The Balaban J connectivity index is 1.44. The Hall–Kier alpha value is -3.12. The van der Waals surface area contributed by atoms with Gasteiger partial charge in [-0.3, -0.25) is 9.69 Å². The van der Waals surface area contributed by atoms with Gasteiger partial charge in [0.15, 0.2) is 6.29 Å². The van der Waals surface area contributed by atoms with E-state index in [1.807, 2.05) is 29.6 Å². The van der Waals surface area contributed by atoms with E-state index in [1.54, 1.807) is 6.33 Å². The molecule has 4 aromatic rings. The van der Waals surface area contributed by atoms with Crippen molar-refractivity contribution < 1.29 is 4.79 Å². The van der Waals surface area contributed by atoms with Crippen molar-refractivity contribution in [2.45, 2.75) is 32.2 Å². The van der Waals surface area contributed by atoms with Crippen molar-refractivity contribution in [1.29, 1.82) is 0 Å². The normalized spacial score (nSPS) is 17.8. The maximum absolute atomic E-state index is 11.9. The lowest BCUT2D eigenvalue weighted by Gasteiger charge is -2.33. The van der Waals surface area contributed by atoms with Crippen LogP contribution in [0.2, 0.25) is 0 Å². The highest BCUT2D eigenvalue weighted by Gasteiger charge is 2.25. The first-order chi connectivity index (χ1) is 14.2. The number of rotatable bonds is 4. The Labute approximate surface area is 169 Å². The van der Waals surface area contributed by atoms with Crippen molar-refractivity contribution in [1.82, 2.24) is 24.5 Å². The quantitative estimate of drug-likeness (QED) is 0.500. The third kappa shape index (κ3) is 3.29. The van der Waals surface area contributed by atoms with Crippen molar-refractivity contribution in [3.63, 3.8) is 0 Å². The van der Waals surface area contributed by atoms with Crippen LogP contribution in [-0.4, -0.2) is 43.9 Å². The first-order valence-corrected chi connectivity index (χ1v) is 10.1. The smallest absolute Gasteiger partial charge is 0.252 e. The summed E-state index contributed by atoms with van der Waals surface area (Å²) in [5.74, 6) is 1.03. The van der Waals surface area contributed by atoms with E-state index in [1.165, 1.54) is 5.69 Å². The molecule has 0 amide bonds. The molecule has 1 aliphatic rings. The van der Waals surface area contributed by atoms with Crippen molar-refractivity contribution in [2.24, 2.45) is 0 Å². The fraction of sp³-hybridized carbons (Fsp3) is 0.304.